The van der Waals surface area contributed by atoms with Crippen LogP contribution >= 0.6 is 11.8 Å². The quantitative estimate of drug-likeness (QED) is 0.716. The molecule has 0 bridgehead atoms. The number of nitrogens with one attached hydrogen (secondary N) is 2. The zero-order valence-electron chi connectivity index (χ0n) is 12.8. The second-order valence-corrected chi connectivity index (χ2v) is 6.89. The summed E-state index contributed by atoms with van der Waals surface area (Å²) >= 11 is 1.58. The molecular formula is C16H21N3O3S. The van der Waals surface area contributed by atoms with E-state index in [9.17, 15) is 14.7 Å². The molecule has 2 saturated heterocycles. The van der Waals surface area contributed by atoms with Gasteiger partial charge >= 0.3 is 0 Å². The Balaban J connectivity index is 1.59. The van der Waals surface area contributed by atoms with Crippen molar-refractivity contribution in [3.8, 4) is 0 Å². The van der Waals surface area contributed by atoms with Gasteiger partial charge in [0, 0.05) is 36.9 Å². The minimum Gasteiger partial charge on any atom is -0.391 e. The standard InChI is InChI=1S/C16H21N3O3S/c20-14-8-17-6-12(14)7-18-15(21)13-9-23-10-19(13)16(22)11-4-2-1-3-5-11/h1-5,12-14,17,20H,6-10H2,(H,18,21). The largest absolute Gasteiger partial charge is 0.391 e. The number of hydrogen-bond acceptors (Lipinski definition) is 5. The van der Waals surface area contributed by atoms with Crippen molar-refractivity contribution in [2.75, 3.05) is 31.3 Å². The first-order valence-corrected chi connectivity index (χ1v) is 8.92. The number of carbonyl (C=O) groups is 2. The van der Waals surface area contributed by atoms with Gasteiger partial charge in [0.2, 0.25) is 5.91 Å². The summed E-state index contributed by atoms with van der Waals surface area (Å²) in [5, 5.41) is 15.8. The summed E-state index contributed by atoms with van der Waals surface area (Å²) in [7, 11) is 0. The third kappa shape index (κ3) is 3.68. The lowest BCUT2D eigenvalue weighted by molar-refractivity contribution is -0.124. The van der Waals surface area contributed by atoms with E-state index in [4.69, 9.17) is 0 Å². The Morgan fingerprint density at radius 1 is 1.30 bits per heavy atom. The van der Waals surface area contributed by atoms with E-state index in [0.717, 1.165) is 0 Å². The second kappa shape index (κ2) is 7.33. The molecule has 124 valence electrons. The van der Waals surface area contributed by atoms with Crippen molar-refractivity contribution in [1.29, 1.82) is 0 Å². The summed E-state index contributed by atoms with van der Waals surface area (Å²) in [5.41, 5.74) is 0.600. The van der Waals surface area contributed by atoms with Crippen molar-refractivity contribution in [2.45, 2.75) is 12.1 Å². The van der Waals surface area contributed by atoms with Crippen LogP contribution in [0.2, 0.25) is 0 Å². The first-order valence-electron chi connectivity index (χ1n) is 7.77. The molecule has 3 unspecified atom stereocenters. The van der Waals surface area contributed by atoms with Crippen LogP contribution in [0.4, 0.5) is 0 Å². The molecule has 7 heteroatoms. The average Bonchev–Trinajstić information content (AvgIpc) is 3.22. The molecule has 2 aliphatic rings. The van der Waals surface area contributed by atoms with E-state index in [2.05, 4.69) is 10.6 Å². The maximum Gasteiger partial charge on any atom is 0.255 e. The fourth-order valence-corrected chi connectivity index (χ4v) is 4.04. The number of rotatable bonds is 4. The molecule has 2 fully saturated rings. The third-order valence-electron chi connectivity index (χ3n) is 4.31. The van der Waals surface area contributed by atoms with Crippen molar-refractivity contribution in [2.24, 2.45) is 5.92 Å². The summed E-state index contributed by atoms with van der Waals surface area (Å²) in [4.78, 5) is 26.6. The molecule has 6 nitrogen and oxygen atoms in total. The van der Waals surface area contributed by atoms with Gasteiger partial charge in [0.25, 0.3) is 5.91 Å². The molecule has 23 heavy (non-hydrogen) atoms. The first kappa shape index (κ1) is 16.3. The minimum atomic E-state index is -0.445. The number of benzene rings is 1. The van der Waals surface area contributed by atoms with Crippen molar-refractivity contribution >= 4 is 23.6 Å². The normalized spacial score (nSPS) is 27.2. The van der Waals surface area contributed by atoms with Crippen LogP contribution in [0.3, 0.4) is 0 Å². The fraction of sp³-hybridized carbons (Fsp3) is 0.500. The van der Waals surface area contributed by atoms with E-state index in [1.54, 1.807) is 28.8 Å². The van der Waals surface area contributed by atoms with Crippen LogP contribution in [-0.4, -0.2) is 65.2 Å². The van der Waals surface area contributed by atoms with Crippen molar-refractivity contribution < 1.29 is 14.7 Å². The number of carbonyl (C=O) groups excluding carboxylic acids is 2. The van der Waals surface area contributed by atoms with Crippen molar-refractivity contribution in [3.05, 3.63) is 35.9 Å². The monoisotopic (exact) mass is 335 g/mol. The van der Waals surface area contributed by atoms with Crippen molar-refractivity contribution in [3.63, 3.8) is 0 Å². The Kier molecular flexibility index (Phi) is 5.20. The molecule has 2 heterocycles. The van der Waals surface area contributed by atoms with Gasteiger partial charge in [-0.15, -0.1) is 11.8 Å². The number of nitrogens with zero attached hydrogens (tertiary/aromatic N) is 1. The number of β-amino-alcohol motifs (C(OH)–C–C–N with tert-alkyl or cyclic N) is 1. The van der Waals surface area contributed by atoms with Crippen LogP contribution in [-0.2, 0) is 4.79 Å². The Bertz CT molecular complexity index is 569. The number of amides is 2. The lowest BCUT2D eigenvalue weighted by atomic mass is 10.1. The molecule has 3 N–H and O–H groups in total. The molecule has 2 amide bonds. The summed E-state index contributed by atoms with van der Waals surface area (Å²) in [6.07, 6.45) is -0.421. The van der Waals surface area contributed by atoms with E-state index in [-0.39, 0.29) is 17.7 Å². The van der Waals surface area contributed by atoms with Gasteiger partial charge < -0.3 is 20.6 Å². The van der Waals surface area contributed by atoms with Crippen LogP contribution in [0.15, 0.2) is 30.3 Å². The highest BCUT2D eigenvalue weighted by molar-refractivity contribution is 7.99. The molecule has 0 saturated carbocycles. The fourth-order valence-electron chi connectivity index (χ4n) is 2.88. The Labute approximate surface area is 139 Å². The summed E-state index contributed by atoms with van der Waals surface area (Å²) < 4.78 is 0. The Hall–Kier alpha value is -1.57. The summed E-state index contributed by atoms with van der Waals surface area (Å²) in [6.45, 7) is 1.70. The minimum absolute atomic E-state index is 0.0336. The molecule has 0 radical (unpaired) electrons. The number of hydrogen-bond donors (Lipinski definition) is 3. The molecule has 0 aliphatic carbocycles. The Morgan fingerprint density at radius 3 is 2.78 bits per heavy atom. The molecule has 3 rings (SSSR count). The predicted octanol–water partition coefficient (Wildman–Crippen LogP) is -0.102. The Morgan fingerprint density at radius 2 is 2.09 bits per heavy atom. The van der Waals surface area contributed by atoms with Gasteiger partial charge in [-0.1, -0.05) is 18.2 Å². The number of aliphatic hydroxyl groups excluding tert-OH is 1. The van der Waals surface area contributed by atoms with Gasteiger partial charge in [-0.3, -0.25) is 9.59 Å². The average molecular weight is 335 g/mol. The van der Waals surface area contributed by atoms with Crippen LogP contribution in [0.5, 0.6) is 0 Å². The highest BCUT2D eigenvalue weighted by Gasteiger charge is 2.35. The zero-order chi connectivity index (χ0) is 16.2. The SMILES string of the molecule is O=C(NCC1CNCC1O)C1CSCN1C(=O)c1ccccc1. The zero-order valence-corrected chi connectivity index (χ0v) is 13.6. The van der Waals surface area contributed by atoms with E-state index in [1.165, 1.54) is 0 Å². The molecule has 0 aromatic heterocycles. The molecule has 0 spiro atoms. The lowest BCUT2D eigenvalue weighted by Gasteiger charge is -2.24. The van der Waals surface area contributed by atoms with Gasteiger partial charge in [-0.2, -0.15) is 0 Å². The number of thioether (sulfide) groups is 1. The topological polar surface area (TPSA) is 81.7 Å². The molecule has 1 aromatic carbocycles. The van der Waals surface area contributed by atoms with Crippen LogP contribution in [0, 0.1) is 5.92 Å². The van der Waals surface area contributed by atoms with Crippen molar-refractivity contribution in [1.82, 2.24) is 15.5 Å². The van der Waals surface area contributed by atoms with E-state index < -0.39 is 12.1 Å². The van der Waals surface area contributed by atoms with Gasteiger partial charge in [-0.05, 0) is 12.1 Å². The highest BCUT2D eigenvalue weighted by atomic mass is 32.2. The highest BCUT2D eigenvalue weighted by Crippen LogP contribution is 2.23. The second-order valence-electron chi connectivity index (χ2n) is 5.89. The van der Waals surface area contributed by atoms with E-state index >= 15 is 0 Å². The molecule has 3 atom stereocenters. The van der Waals surface area contributed by atoms with Crippen LogP contribution in [0.1, 0.15) is 10.4 Å². The lowest BCUT2D eigenvalue weighted by Crippen LogP contribution is -2.48. The van der Waals surface area contributed by atoms with Crippen LogP contribution < -0.4 is 10.6 Å². The van der Waals surface area contributed by atoms with E-state index in [0.29, 0.717) is 36.8 Å². The van der Waals surface area contributed by atoms with Crippen LogP contribution in [0.25, 0.3) is 0 Å². The third-order valence-corrected chi connectivity index (χ3v) is 5.32. The smallest absolute Gasteiger partial charge is 0.255 e. The first-order chi connectivity index (χ1) is 11.2. The maximum absolute atomic E-state index is 12.6. The molecule has 1 aromatic rings. The predicted molar refractivity (Wildman–Crippen MR) is 89.1 cm³/mol. The maximum atomic E-state index is 12.6. The number of aliphatic hydroxyl groups is 1. The van der Waals surface area contributed by atoms with Gasteiger partial charge in [0.05, 0.1) is 12.0 Å². The van der Waals surface area contributed by atoms with Gasteiger partial charge in [0.15, 0.2) is 0 Å². The van der Waals surface area contributed by atoms with Gasteiger partial charge in [0.1, 0.15) is 6.04 Å². The summed E-state index contributed by atoms with van der Waals surface area (Å²) in [6, 6.07) is 8.58. The molecular weight excluding hydrogens is 314 g/mol. The van der Waals surface area contributed by atoms with E-state index in [1.807, 2.05) is 18.2 Å². The van der Waals surface area contributed by atoms with Gasteiger partial charge in [-0.25, -0.2) is 0 Å². The molecule has 2 aliphatic heterocycles. The summed E-state index contributed by atoms with van der Waals surface area (Å²) in [5.74, 6) is 0.915.